The second kappa shape index (κ2) is 9.63. The zero-order valence-corrected chi connectivity index (χ0v) is 17.7. The van der Waals surface area contributed by atoms with E-state index in [-0.39, 0.29) is 12.1 Å². The average Bonchev–Trinajstić information content (AvgIpc) is 2.62. The maximum atomic E-state index is 14.0. The van der Waals surface area contributed by atoms with Gasteiger partial charge in [0.05, 0.1) is 11.6 Å². The van der Waals surface area contributed by atoms with E-state index in [2.05, 4.69) is 26.1 Å². The number of rotatable bonds is 9. The van der Waals surface area contributed by atoms with Crippen LogP contribution in [-0.2, 0) is 13.2 Å². The Kier molecular flexibility index (Phi) is 7.78. The predicted molar refractivity (Wildman–Crippen MR) is 110 cm³/mol. The fraction of sp³-hybridized carbons (Fsp3) is 0.429. The van der Waals surface area contributed by atoms with Gasteiger partial charge in [0.1, 0.15) is 12.4 Å². The molecule has 2 rings (SSSR count). The third kappa shape index (κ3) is 6.00. The summed E-state index contributed by atoms with van der Waals surface area (Å²) < 4.78 is 25.4. The third-order valence-corrected chi connectivity index (χ3v) is 5.19. The zero-order chi connectivity index (χ0) is 20.0. The number of nitrogens with one attached hydrogen (secondary N) is 1. The molecule has 2 aromatic rings. The molecule has 0 spiro atoms. The first-order valence-corrected chi connectivity index (χ1v) is 9.79. The second-order valence-electron chi connectivity index (χ2n) is 6.90. The molecule has 0 fully saturated rings. The number of benzene rings is 2. The maximum Gasteiger partial charge on any atom is 0.163 e. The van der Waals surface area contributed by atoms with Crippen LogP contribution < -0.4 is 14.8 Å². The Hall–Kier alpha value is -1.49. The van der Waals surface area contributed by atoms with Crippen molar-refractivity contribution < 1.29 is 13.9 Å². The van der Waals surface area contributed by atoms with Crippen molar-refractivity contribution in [1.82, 2.24) is 5.32 Å². The van der Waals surface area contributed by atoms with Crippen LogP contribution in [0.5, 0.6) is 11.5 Å². The lowest BCUT2D eigenvalue weighted by atomic mass is 10.0. The number of halogens is 3. The molecule has 0 aliphatic carbocycles. The third-order valence-electron chi connectivity index (χ3n) is 4.49. The van der Waals surface area contributed by atoms with Crippen molar-refractivity contribution >= 4 is 23.2 Å². The molecule has 0 atom stereocenters. The summed E-state index contributed by atoms with van der Waals surface area (Å²) in [4.78, 5) is 0. The summed E-state index contributed by atoms with van der Waals surface area (Å²) in [6.45, 7) is 9.38. The fourth-order valence-corrected chi connectivity index (χ4v) is 2.81. The van der Waals surface area contributed by atoms with E-state index in [1.807, 2.05) is 13.0 Å². The molecule has 0 heterocycles. The van der Waals surface area contributed by atoms with Crippen LogP contribution in [0.15, 0.2) is 30.3 Å². The highest BCUT2D eigenvalue weighted by atomic mass is 35.5. The lowest BCUT2D eigenvalue weighted by Gasteiger charge is -2.25. The average molecular weight is 414 g/mol. The van der Waals surface area contributed by atoms with Gasteiger partial charge in [-0.1, -0.05) is 36.2 Å². The van der Waals surface area contributed by atoms with E-state index in [1.165, 1.54) is 6.07 Å². The SMILES string of the molecule is CCOc1cc(CNC(C)(C)CC)c(Cl)cc1OCc1c(F)cccc1Cl. The van der Waals surface area contributed by atoms with Crippen LogP contribution in [0.2, 0.25) is 10.0 Å². The van der Waals surface area contributed by atoms with Crippen LogP contribution in [0.1, 0.15) is 45.2 Å². The molecule has 0 aliphatic heterocycles. The Morgan fingerprint density at radius 2 is 1.74 bits per heavy atom. The normalized spacial score (nSPS) is 11.5. The Bertz CT molecular complexity index is 761. The van der Waals surface area contributed by atoms with Crippen molar-refractivity contribution in [1.29, 1.82) is 0 Å². The van der Waals surface area contributed by atoms with Crippen molar-refractivity contribution in [2.24, 2.45) is 0 Å². The van der Waals surface area contributed by atoms with Gasteiger partial charge in [-0.15, -0.1) is 0 Å². The fourth-order valence-electron chi connectivity index (χ4n) is 2.37. The molecule has 3 nitrogen and oxygen atoms in total. The molecule has 0 radical (unpaired) electrons. The summed E-state index contributed by atoms with van der Waals surface area (Å²) in [5.74, 6) is 0.620. The number of ether oxygens (including phenoxy) is 2. The van der Waals surface area contributed by atoms with E-state index in [4.69, 9.17) is 32.7 Å². The van der Waals surface area contributed by atoms with Gasteiger partial charge in [-0.25, -0.2) is 4.39 Å². The monoisotopic (exact) mass is 413 g/mol. The quantitative estimate of drug-likeness (QED) is 0.516. The zero-order valence-electron chi connectivity index (χ0n) is 16.2. The molecule has 27 heavy (non-hydrogen) atoms. The molecule has 2 aromatic carbocycles. The largest absolute Gasteiger partial charge is 0.490 e. The van der Waals surface area contributed by atoms with Gasteiger partial charge >= 0.3 is 0 Å². The molecule has 6 heteroatoms. The van der Waals surface area contributed by atoms with E-state index in [0.717, 1.165) is 12.0 Å². The summed E-state index contributed by atoms with van der Waals surface area (Å²) in [7, 11) is 0. The Labute approximate surface area is 170 Å². The minimum atomic E-state index is -0.408. The smallest absolute Gasteiger partial charge is 0.163 e. The van der Waals surface area contributed by atoms with Crippen LogP contribution >= 0.6 is 23.2 Å². The highest BCUT2D eigenvalue weighted by molar-refractivity contribution is 6.31. The van der Waals surface area contributed by atoms with Gasteiger partial charge in [0.2, 0.25) is 0 Å². The van der Waals surface area contributed by atoms with E-state index < -0.39 is 5.82 Å². The van der Waals surface area contributed by atoms with Gasteiger partial charge in [-0.05, 0) is 51.0 Å². The van der Waals surface area contributed by atoms with Crippen molar-refractivity contribution in [2.75, 3.05) is 6.61 Å². The minimum absolute atomic E-state index is 0.00582. The molecule has 0 aliphatic rings. The van der Waals surface area contributed by atoms with E-state index in [9.17, 15) is 4.39 Å². The van der Waals surface area contributed by atoms with E-state index in [1.54, 1.807) is 18.2 Å². The molecule has 1 N–H and O–H groups in total. The highest BCUT2D eigenvalue weighted by Crippen LogP contribution is 2.35. The van der Waals surface area contributed by atoms with Gasteiger partial charge in [0, 0.05) is 28.7 Å². The molecular formula is C21H26Cl2FNO2. The van der Waals surface area contributed by atoms with Gasteiger partial charge < -0.3 is 14.8 Å². The Balaban J connectivity index is 2.22. The first-order chi connectivity index (χ1) is 12.8. The molecule has 148 valence electrons. The first kappa shape index (κ1) is 21.8. The van der Waals surface area contributed by atoms with Crippen LogP contribution in [0.4, 0.5) is 4.39 Å². The van der Waals surface area contributed by atoms with Gasteiger partial charge in [0.25, 0.3) is 0 Å². The molecule has 0 amide bonds. The van der Waals surface area contributed by atoms with Crippen LogP contribution in [-0.4, -0.2) is 12.1 Å². The molecule has 0 unspecified atom stereocenters. The van der Waals surface area contributed by atoms with Crippen LogP contribution in [0.25, 0.3) is 0 Å². The maximum absolute atomic E-state index is 14.0. The van der Waals surface area contributed by atoms with Crippen molar-refractivity contribution in [3.63, 3.8) is 0 Å². The summed E-state index contributed by atoms with van der Waals surface area (Å²) in [5, 5.41) is 4.36. The standard InChI is InChI=1S/C21H26Cl2FNO2/c1-5-21(3,4)25-12-14-10-19(26-6-2)20(11-17(14)23)27-13-15-16(22)8-7-9-18(15)24/h7-11,25H,5-6,12-13H2,1-4H3. The molecule has 0 aromatic heterocycles. The highest BCUT2D eigenvalue weighted by Gasteiger charge is 2.17. The summed E-state index contributed by atoms with van der Waals surface area (Å²) in [6, 6.07) is 8.11. The summed E-state index contributed by atoms with van der Waals surface area (Å²) in [6.07, 6.45) is 0.994. The van der Waals surface area contributed by atoms with Crippen LogP contribution in [0, 0.1) is 5.82 Å². The first-order valence-electron chi connectivity index (χ1n) is 9.03. The van der Waals surface area contributed by atoms with Crippen molar-refractivity contribution in [3.8, 4) is 11.5 Å². The summed E-state index contributed by atoms with van der Waals surface area (Å²) in [5.41, 5.74) is 1.22. The van der Waals surface area contributed by atoms with E-state index >= 15 is 0 Å². The Morgan fingerprint density at radius 3 is 2.37 bits per heavy atom. The van der Waals surface area contributed by atoms with Crippen LogP contribution in [0.3, 0.4) is 0 Å². The predicted octanol–water partition coefficient (Wildman–Crippen LogP) is 6.39. The van der Waals surface area contributed by atoms with Crippen molar-refractivity contribution in [3.05, 3.63) is 57.3 Å². The topological polar surface area (TPSA) is 30.5 Å². The van der Waals surface area contributed by atoms with Gasteiger partial charge in [-0.2, -0.15) is 0 Å². The second-order valence-corrected chi connectivity index (χ2v) is 7.72. The van der Waals surface area contributed by atoms with Gasteiger partial charge in [0.15, 0.2) is 11.5 Å². The van der Waals surface area contributed by atoms with Gasteiger partial charge in [-0.3, -0.25) is 0 Å². The Morgan fingerprint density at radius 1 is 1.04 bits per heavy atom. The lowest BCUT2D eigenvalue weighted by molar-refractivity contribution is 0.265. The number of hydrogen-bond acceptors (Lipinski definition) is 3. The minimum Gasteiger partial charge on any atom is -0.490 e. The lowest BCUT2D eigenvalue weighted by Crippen LogP contribution is -2.37. The molecule has 0 bridgehead atoms. The van der Waals surface area contributed by atoms with E-state index in [0.29, 0.717) is 40.3 Å². The molecule has 0 saturated carbocycles. The summed E-state index contributed by atoms with van der Waals surface area (Å²) >= 11 is 12.5. The number of hydrogen-bond donors (Lipinski definition) is 1. The molecule has 0 saturated heterocycles. The van der Waals surface area contributed by atoms with Crippen molar-refractivity contribution in [2.45, 2.75) is 52.8 Å². The molecular weight excluding hydrogens is 388 g/mol.